The lowest BCUT2D eigenvalue weighted by Gasteiger charge is -2.01. The quantitative estimate of drug-likeness (QED) is 0.507. The Labute approximate surface area is 83.6 Å². The molecule has 0 aromatic rings. The smallest absolute Gasteiger partial charge is 0.0141 e. The van der Waals surface area contributed by atoms with Crippen molar-refractivity contribution in [2.45, 2.75) is 58.3 Å². The zero-order chi connectivity index (χ0) is 9.78. The average Bonchev–Trinajstić information content (AvgIpc) is 2.16. The Kier molecular flexibility index (Phi) is 11.1. The first kappa shape index (κ1) is 12.5. The van der Waals surface area contributed by atoms with Crippen molar-refractivity contribution in [3.05, 3.63) is 12.8 Å². The summed E-state index contributed by atoms with van der Waals surface area (Å²) in [6, 6.07) is 0. The van der Waals surface area contributed by atoms with E-state index in [4.69, 9.17) is 0 Å². The van der Waals surface area contributed by atoms with E-state index in [1.54, 1.807) is 6.20 Å². The SMILES string of the molecule is C=CNCCCCCCCCCC. The molecule has 0 unspecified atom stereocenters. The van der Waals surface area contributed by atoms with Crippen molar-refractivity contribution < 1.29 is 0 Å². The molecule has 1 heteroatoms. The molecule has 0 saturated heterocycles. The summed E-state index contributed by atoms with van der Waals surface area (Å²) in [7, 11) is 0. The first-order chi connectivity index (χ1) is 6.41. The van der Waals surface area contributed by atoms with Gasteiger partial charge in [0.2, 0.25) is 0 Å². The molecule has 0 heterocycles. The minimum atomic E-state index is 1.10. The maximum atomic E-state index is 3.62. The van der Waals surface area contributed by atoms with Gasteiger partial charge >= 0.3 is 0 Å². The topological polar surface area (TPSA) is 12.0 Å². The van der Waals surface area contributed by atoms with Crippen LogP contribution in [0.2, 0.25) is 0 Å². The Bertz CT molecular complexity index is 99.3. The number of hydrogen-bond donors (Lipinski definition) is 1. The molecule has 0 aromatic heterocycles. The fourth-order valence-electron chi connectivity index (χ4n) is 1.46. The lowest BCUT2D eigenvalue weighted by molar-refractivity contribution is 0.570. The van der Waals surface area contributed by atoms with Gasteiger partial charge in [0.1, 0.15) is 0 Å². The first-order valence-corrected chi connectivity index (χ1v) is 5.76. The third-order valence-corrected chi connectivity index (χ3v) is 2.32. The first-order valence-electron chi connectivity index (χ1n) is 5.76. The highest BCUT2D eigenvalue weighted by molar-refractivity contribution is 4.61. The second-order valence-corrected chi connectivity index (χ2v) is 3.63. The van der Waals surface area contributed by atoms with E-state index in [9.17, 15) is 0 Å². The molecule has 13 heavy (non-hydrogen) atoms. The predicted molar refractivity (Wildman–Crippen MR) is 60.8 cm³/mol. The van der Waals surface area contributed by atoms with Gasteiger partial charge < -0.3 is 5.32 Å². The van der Waals surface area contributed by atoms with E-state index in [-0.39, 0.29) is 0 Å². The monoisotopic (exact) mass is 183 g/mol. The maximum Gasteiger partial charge on any atom is 0.0141 e. The van der Waals surface area contributed by atoms with Crippen molar-refractivity contribution in [1.82, 2.24) is 5.32 Å². The van der Waals surface area contributed by atoms with Crippen molar-refractivity contribution in [3.63, 3.8) is 0 Å². The van der Waals surface area contributed by atoms with Gasteiger partial charge in [0.15, 0.2) is 0 Å². The van der Waals surface area contributed by atoms with Crippen LogP contribution in [-0.2, 0) is 0 Å². The molecule has 0 fully saturated rings. The van der Waals surface area contributed by atoms with Gasteiger partial charge in [0.25, 0.3) is 0 Å². The van der Waals surface area contributed by atoms with Gasteiger partial charge in [-0.2, -0.15) is 0 Å². The molecule has 0 aromatic carbocycles. The number of nitrogens with one attached hydrogen (secondary N) is 1. The van der Waals surface area contributed by atoms with E-state index in [0.717, 1.165) is 6.54 Å². The second-order valence-electron chi connectivity index (χ2n) is 3.63. The second kappa shape index (κ2) is 11.5. The summed E-state index contributed by atoms with van der Waals surface area (Å²) in [5.41, 5.74) is 0. The van der Waals surface area contributed by atoms with E-state index < -0.39 is 0 Å². The summed E-state index contributed by atoms with van der Waals surface area (Å²) in [6.45, 7) is 6.98. The van der Waals surface area contributed by atoms with Crippen LogP contribution in [0.1, 0.15) is 58.3 Å². The van der Waals surface area contributed by atoms with Crippen LogP contribution >= 0.6 is 0 Å². The van der Waals surface area contributed by atoms with Crippen LogP contribution in [0.5, 0.6) is 0 Å². The number of hydrogen-bond acceptors (Lipinski definition) is 1. The largest absolute Gasteiger partial charge is 0.391 e. The highest BCUT2D eigenvalue weighted by Gasteiger charge is 1.90. The van der Waals surface area contributed by atoms with Gasteiger partial charge in [-0.15, -0.1) is 0 Å². The fourth-order valence-corrected chi connectivity index (χ4v) is 1.46. The third-order valence-electron chi connectivity index (χ3n) is 2.32. The van der Waals surface area contributed by atoms with Gasteiger partial charge in [0.05, 0.1) is 0 Å². The van der Waals surface area contributed by atoms with Crippen LogP contribution < -0.4 is 5.32 Å². The summed E-state index contributed by atoms with van der Waals surface area (Å²) in [4.78, 5) is 0. The van der Waals surface area contributed by atoms with Gasteiger partial charge in [-0.1, -0.05) is 58.4 Å². The average molecular weight is 183 g/mol. The molecule has 0 radical (unpaired) electrons. The van der Waals surface area contributed by atoms with Crippen molar-refractivity contribution in [3.8, 4) is 0 Å². The third kappa shape index (κ3) is 11.5. The minimum absolute atomic E-state index is 1.10. The van der Waals surface area contributed by atoms with Crippen molar-refractivity contribution in [2.75, 3.05) is 6.54 Å². The Hall–Kier alpha value is -0.460. The maximum absolute atomic E-state index is 3.62. The van der Waals surface area contributed by atoms with Crippen LogP contribution in [-0.4, -0.2) is 6.54 Å². The normalized spacial score (nSPS) is 9.92. The predicted octanol–water partition coefficient (Wildman–Crippen LogP) is 3.86. The van der Waals surface area contributed by atoms with E-state index >= 15 is 0 Å². The van der Waals surface area contributed by atoms with Crippen LogP contribution in [0.15, 0.2) is 12.8 Å². The van der Waals surface area contributed by atoms with Gasteiger partial charge in [-0.05, 0) is 12.6 Å². The van der Waals surface area contributed by atoms with Crippen molar-refractivity contribution in [2.24, 2.45) is 0 Å². The molecule has 0 atom stereocenters. The van der Waals surface area contributed by atoms with E-state index in [0.29, 0.717) is 0 Å². The molecule has 0 spiro atoms. The van der Waals surface area contributed by atoms with Crippen molar-refractivity contribution >= 4 is 0 Å². The molecule has 0 bridgehead atoms. The highest BCUT2D eigenvalue weighted by atomic mass is 14.8. The fraction of sp³-hybridized carbons (Fsp3) is 0.833. The molecule has 0 rings (SSSR count). The molecular formula is C12H25N. The van der Waals surface area contributed by atoms with E-state index in [1.807, 2.05) is 0 Å². The summed E-state index contributed by atoms with van der Waals surface area (Å²) in [5, 5.41) is 3.12. The van der Waals surface area contributed by atoms with Gasteiger partial charge in [-0.3, -0.25) is 0 Å². The molecule has 0 aliphatic heterocycles. The summed E-state index contributed by atoms with van der Waals surface area (Å²) >= 11 is 0. The van der Waals surface area contributed by atoms with Crippen LogP contribution in [0.25, 0.3) is 0 Å². The zero-order valence-electron chi connectivity index (χ0n) is 9.15. The molecule has 78 valence electrons. The molecule has 0 aliphatic rings. The highest BCUT2D eigenvalue weighted by Crippen LogP contribution is 2.07. The minimum Gasteiger partial charge on any atom is -0.391 e. The zero-order valence-corrected chi connectivity index (χ0v) is 9.15. The number of rotatable bonds is 10. The molecule has 0 aliphatic carbocycles. The lowest BCUT2D eigenvalue weighted by Crippen LogP contribution is -2.05. The van der Waals surface area contributed by atoms with Crippen LogP contribution in [0.3, 0.4) is 0 Å². The van der Waals surface area contributed by atoms with Crippen LogP contribution in [0, 0.1) is 0 Å². The molecule has 0 saturated carbocycles. The Balaban J connectivity index is 2.79. The van der Waals surface area contributed by atoms with Crippen molar-refractivity contribution in [1.29, 1.82) is 0 Å². The summed E-state index contributed by atoms with van der Waals surface area (Å²) < 4.78 is 0. The molecule has 1 nitrogen and oxygen atoms in total. The lowest BCUT2D eigenvalue weighted by atomic mass is 10.1. The van der Waals surface area contributed by atoms with Crippen LogP contribution in [0.4, 0.5) is 0 Å². The van der Waals surface area contributed by atoms with E-state index in [2.05, 4.69) is 18.8 Å². The summed E-state index contributed by atoms with van der Waals surface area (Å²) in [5.74, 6) is 0. The standard InChI is InChI=1S/C12H25N/c1-3-5-6-7-8-9-10-11-12-13-4-2/h4,13H,2-3,5-12H2,1H3. The molecule has 0 amide bonds. The molecular weight excluding hydrogens is 158 g/mol. The van der Waals surface area contributed by atoms with Gasteiger partial charge in [0, 0.05) is 6.54 Å². The Morgan fingerprint density at radius 2 is 1.46 bits per heavy atom. The van der Waals surface area contributed by atoms with E-state index in [1.165, 1.54) is 51.4 Å². The number of unbranched alkanes of at least 4 members (excludes halogenated alkanes) is 7. The summed E-state index contributed by atoms with van der Waals surface area (Å²) in [6.07, 6.45) is 12.9. The molecule has 1 N–H and O–H groups in total. The Morgan fingerprint density at radius 3 is 2.00 bits per heavy atom. The Morgan fingerprint density at radius 1 is 0.923 bits per heavy atom. The van der Waals surface area contributed by atoms with Gasteiger partial charge in [-0.25, -0.2) is 0 Å².